The predicted molar refractivity (Wildman–Crippen MR) is 81.6 cm³/mol. The first-order valence-electron chi connectivity index (χ1n) is 5.90. The summed E-state index contributed by atoms with van der Waals surface area (Å²) < 4.78 is 1.71. The molecule has 0 aliphatic rings. The van der Waals surface area contributed by atoms with Crippen molar-refractivity contribution in [3.8, 4) is 0 Å². The van der Waals surface area contributed by atoms with Crippen LogP contribution in [0.25, 0.3) is 0 Å². The Hall–Kier alpha value is -0.390. The van der Waals surface area contributed by atoms with Crippen molar-refractivity contribution in [1.29, 1.82) is 0 Å². The molecule has 0 heterocycles. The maximum absolute atomic E-state index is 12.1. The number of nitrogens with one attached hydrogen (secondary N) is 1. The maximum atomic E-state index is 12.1. The molecule has 0 aromatic heterocycles. The molecule has 1 rings (SSSR count). The van der Waals surface area contributed by atoms with E-state index in [9.17, 15) is 4.79 Å². The minimum atomic E-state index is -0.0922. The number of nitrogens with two attached hydrogens (primary N) is 1. The standard InChI is InChI=1S/C13H18Br2N2O/c1-8(2)5-10(7-16)17-13(18)11-4-3-9(14)6-12(11)15/h3-4,6,8,10H,5,7,16H2,1-2H3,(H,17,18). The van der Waals surface area contributed by atoms with E-state index in [1.807, 2.05) is 12.1 Å². The van der Waals surface area contributed by atoms with Gasteiger partial charge in [0.15, 0.2) is 0 Å². The summed E-state index contributed by atoms with van der Waals surface area (Å²) in [7, 11) is 0. The third kappa shape index (κ3) is 4.71. The van der Waals surface area contributed by atoms with E-state index in [1.165, 1.54) is 0 Å². The van der Waals surface area contributed by atoms with Gasteiger partial charge in [0.1, 0.15) is 0 Å². The molecular weight excluding hydrogens is 360 g/mol. The van der Waals surface area contributed by atoms with Crippen molar-refractivity contribution >= 4 is 37.8 Å². The van der Waals surface area contributed by atoms with Crippen molar-refractivity contribution in [2.75, 3.05) is 6.54 Å². The van der Waals surface area contributed by atoms with Crippen LogP contribution in [0.5, 0.6) is 0 Å². The van der Waals surface area contributed by atoms with Gasteiger partial charge in [-0.1, -0.05) is 29.8 Å². The second kappa shape index (κ2) is 7.26. The Morgan fingerprint density at radius 2 is 2.06 bits per heavy atom. The van der Waals surface area contributed by atoms with Gasteiger partial charge in [-0.2, -0.15) is 0 Å². The average Bonchev–Trinajstić information content (AvgIpc) is 2.27. The number of carbonyl (C=O) groups excluding carboxylic acids is 1. The van der Waals surface area contributed by atoms with Crippen LogP contribution < -0.4 is 11.1 Å². The number of carbonyl (C=O) groups is 1. The van der Waals surface area contributed by atoms with Gasteiger partial charge in [0, 0.05) is 21.5 Å². The van der Waals surface area contributed by atoms with Crippen molar-refractivity contribution in [2.45, 2.75) is 26.3 Å². The van der Waals surface area contributed by atoms with Crippen molar-refractivity contribution in [3.63, 3.8) is 0 Å². The summed E-state index contributed by atoms with van der Waals surface area (Å²) in [6, 6.07) is 5.51. The van der Waals surface area contributed by atoms with Gasteiger partial charge in [-0.25, -0.2) is 0 Å². The molecule has 0 saturated heterocycles. The van der Waals surface area contributed by atoms with Gasteiger partial charge in [0.2, 0.25) is 0 Å². The molecular formula is C13H18Br2N2O. The molecule has 0 aliphatic heterocycles. The van der Waals surface area contributed by atoms with Gasteiger partial charge in [-0.3, -0.25) is 4.79 Å². The van der Waals surface area contributed by atoms with E-state index in [-0.39, 0.29) is 11.9 Å². The number of halogens is 2. The predicted octanol–water partition coefficient (Wildman–Crippen LogP) is 3.31. The van der Waals surface area contributed by atoms with Crippen LogP contribution >= 0.6 is 31.9 Å². The third-order valence-corrected chi connectivity index (χ3v) is 3.70. The van der Waals surface area contributed by atoms with Crippen molar-refractivity contribution in [1.82, 2.24) is 5.32 Å². The van der Waals surface area contributed by atoms with E-state index in [0.29, 0.717) is 18.0 Å². The Labute approximate surface area is 125 Å². The molecule has 100 valence electrons. The van der Waals surface area contributed by atoms with Crippen LogP contribution in [0.2, 0.25) is 0 Å². The molecule has 1 aromatic carbocycles. The van der Waals surface area contributed by atoms with E-state index in [1.54, 1.807) is 6.07 Å². The molecule has 0 bridgehead atoms. The Morgan fingerprint density at radius 1 is 1.39 bits per heavy atom. The molecule has 0 radical (unpaired) electrons. The Kier molecular flexibility index (Phi) is 6.32. The minimum absolute atomic E-state index is 0.0213. The van der Waals surface area contributed by atoms with Crippen LogP contribution in [0.4, 0.5) is 0 Å². The van der Waals surface area contributed by atoms with Gasteiger partial charge in [-0.15, -0.1) is 0 Å². The lowest BCUT2D eigenvalue weighted by Gasteiger charge is -2.19. The first-order chi connectivity index (χ1) is 8.43. The molecule has 0 aliphatic carbocycles. The normalized spacial score (nSPS) is 12.6. The molecule has 5 heteroatoms. The van der Waals surface area contributed by atoms with Crippen molar-refractivity contribution in [2.24, 2.45) is 11.7 Å². The average molecular weight is 378 g/mol. The zero-order valence-electron chi connectivity index (χ0n) is 10.5. The fraction of sp³-hybridized carbons (Fsp3) is 0.462. The van der Waals surface area contributed by atoms with Crippen LogP contribution in [0, 0.1) is 5.92 Å². The minimum Gasteiger partial charge on any atom is -0.348 e. The summed E-state index contributed by atoms with van der Waals surface area (Å²) in [6.07, 6.45) is 0.885. The number of hydrogen-bond acceptors (Lipinski definition) is 2. The van der Waals surface area contributed by atoms with Gasteiger partial charge in [0.05, 0.1) is 5.56 Å². The second-order valence-electron chi connectivity index (χ2n) is 4.66. The molecule has 0 fully saturated rings. The first-order valence-corrected chi connectivity index (χ1v) is 7.48. The van der Waals surface area contributed by atoms with E-state index >= 15 is 0 Å². The monoisotopic (exact) mass is 376 g/mol. The van der Waals surface area contributed by atoms with Crippen LogP contribution in [0.1, 0.15) is 30.6 Å². The van der Waals surface area contributed by atoms with E-state index < -0.39 is 0 Å². The fourth-order valence-corrected chi connectivity index (χ4v) is 2.95. The summed E-state index contributed by atoms with van der Waals surface area (Å²) in [4.78, 5) is 12.1. The highest BCUT2D eigenvalue weighted by atomic mass is 79.9. The Bertz CT molecular complexity index is 421. The van der Waals surface area contributed by atoms with Gasteiger partial charge < -0.3 is 11.1 Å². The quantitative estimate of drug-likeness (QED) is 0.826. The summed E-state index contributed by atoms with van der Waals surface area (Å²) in [5, 5.41) is 2.97. The number of rotatable bonds is 5. The van der Waals surface area contributed by atoms with Crippen LogP contribution in [-0.2, 0) is 0 Å². The smallest absolute Gasteiger partial charge is 0.252 e. The molecule has 0 saturated carbocycles. The number of hydrogen-bond donors (Lipinski definition) is 2. The maximum Gasteiger partial charge on any atom is 0.252 e. The fourth-order valence-electron chi connectivity index (χ4n) is 1.72. The topological polar surface area (TPSA) is 55.1 Å². The van der Waals surface area contributed by atoms with Gasteiger partial charge >= 0.3 is 0 Å². The molecule has 0 spiro atoms. The van der Waals surface area contributed by atoms with Crippen molar-refractivity contribution < 1.29 is 4.79 Å². The number of amides is 1. The SMILES string of the molecule is CC(C)CC(CN)NC(=O)c1ccc(Br)cc1Br. The van der Waals surface area contributed by atoms with Gasteiger partial charge in [0.25, 0.3) is 5.91 Å². The summed E-state index contributed by atoms with van der Waals surface area (Å²) in [5.74, 6) is 0.415. The van der Waals surface area contributed by atoms with Crippen LogP contribution in [-0.4, -0.2) is 18.5 Å². The highest BCUT2D eigenvalue weighted by Crippen LogP contribution is 2.22. The molecule has 3 N–H and O–H groups in total. The largest absolute Gasteiger partial charge is 0.348 e. The van der Waals surface area contributed by atoms with Crippen LogP contribution in [0.15, 0.2) is 27.1 Å². The van der Waals surface area contributed by atoms with Gasteiger partial charge in [-0.05, 0) is 46.5 Å². The molecule has 1 aromatic rings. The van der Waals surface area contributed by atoms with Crippen molar-refractivity contribution in [3.05, 3.63) is 32.7 Å². The lowest BCUT2D eigenvalue weighted by atomic mass is 10.0. The Morgan fingerprint density at radius 3 is 2.56 bits per heavy atom. The summed E-state index contributed by atoms with van der Waals surface area (Å²) in [6.45, 7) is 4.69. The summed E-state index contributed by atoms with van der Waals surface area (Å²) in [5.41, 5.74) is 6.30. The Balaban J connectivity index is 2.74. The summed E-state index contributed by atoms with van der Waals surface area (Å²) >= 11 is 6.75. The zero-order chi connectivity index (χ0) is 13.7. The second-order valence-corrected chi connectivity index (χ2v) is 6.43. The molecule has 1 amide bonds. The molecule has 1 atom stereocenters. The molecule has 1 unspecified atom stereocenters. The first kappa shape index (κ1) is 15.7. The molecule has 3 nitrogen and oxygen atoms in total. The highest BCUT2D eigenvalue weighted by Gasteiger charge is 2.15. The van der Waals surface area contributed by atoms with E-state index in [2.05, 4.69) is 51.0 Å². The lowest BCUT2D eigenvalue weighted by molar-refractivity contribution is 0.0933. The number of benzene rings is 1. The van der Waals surface area contributed by atoms with E-state index in [0.717, 1.165) is 15.4 Å². The van der Waals surface area contributed by atoms with E-state index in [4.69, 9.17) is 5.73 Å². The molecule has 18 heavy (non-hydrogen) atoms. The zero-order valence-corrected chi connectivity index (χ0v) is 13.7. The van der Waals surface area contributed by atoms with Crippen LogP contribution in [0.3, 0.4) is 0 Å². The lowest BCUT2D eigenvalue weighted by Crippen LogP contribution is -2.41. The highest BCUT2D eigenvalue weighted by molar-refractivity contribution is 9.11. The third-order valence-electron chi connectivity index (χ3n) is 2.55.